The quantitative estimate of drug-likeness (QED) is 0.0577. The molecule has 14 rings (SSSR count). The van der Waals surface area contributed by atoms with Crippen LogP contribution in [0.25, 0.3) is 88.0 Å². The Morgan fingerprint density at radius 1 is 0.267 bits per heavy atom. The summed E-state index contributed by atoms with van der Waals surface area (Å²) in [5.41, 5.74) is 29.3. The van der Waals surface area contributed by atoms with Crippen molar-refractivity contribution in [1.29, 1.82) is 0 Å². The number of hydrogen-bond acceptors (Lipinski definition) is 1. The van der Waals surface area contributed by atoms with Gasteiger partial charge in [-0.1, -0.05) is 281 Å². The van der Waals surface area contributed by atoms with Gasteiger partial charge in [-0.25, -0.2) is 0 Å². The van der Waals surface area contributed by atoms with Crippen molar-refractivity contribution in [2.45, 2.75) is 187 Å². The van der Waals surface area contributed by atoms with Crippen molar-refractivity contribution in [1.82, 2.24) is 0 Å². The number of aryl methyl sites for hydroxylation is 2. The predicted octanol–water partition coefficient (Wildman–Crippen LogP) is 26.5. The minimum Gasteiger partial charge on any atom is -0.310 e. The van der Waals surface area contributed by atoms with Gasteiger partial charge < -0.3 is 4.90 Å². The number of anilines is 3. The zero-order chi connectivity index (χ0) is 61.7. The van der Waals surface area contributed by atoms with Gasteiger partial charge in [0.15, 0.2) is 0 Å². The lowest BCUT2D eigenvalue weighted by molar-refractivity contribution is 0.414. The van der Waals surface area contributed by atoms with Crippen molar-refractivity contribution in [3.63, 3.8) is 0 Å². The fourth-order valence-corrected chi connectivity index (χ4v) is 17.7. The molecule has 3 aliphatic rings. The second-order valence-corrected chi connectivity index (χ2v) is 27.7. The first-order valence-electron chi connectivity index (χ1n) is 35.2. The van der Waals surface area contributed by atoms with Crippen LogP contribution in [0.5, 0.6) is 0 Å². The Morgan fingerprint density at radius 2 is 0.578 bits per heavy atom. The number of hydrogen-bond donors (Lipinski definition) is 0. The minimum absolute atomic E-state index is 0.0181. The highest BCUT2D eigenvalue weighted by molar-refractivity contribution is 6.22. The van der Waals surface area contributed by atoms with Gasteiger partial charge in [0.25, 0.3) is 0 Å². The Balaban J connectivity index is 0.929. The summed E-state index contributed by atoms with van der Waals surface area (Å²) in [6.45, 7) is 18.8. The van der Waals surface area contributed by atoms with Gasteiger partial charge in [0.2, 0.25) is 0 Å². The molecule has 0 aromatic heterocycles. The molecule has 0 spiro atoms. The molecule has 0 fully saturated rings. The zero-order valence-corrected chi connectivity index (χ0v) is 55.2. The predicted molar refractivity (Wildman–Crippen MR) is 390 cm³/mol. The summed E-state index contributed by atoms with van der Waals surface area (Å²) in [6.07, 6.45) is 21.4. The van der Waals surface area contributed by atoms with Crippen molar-refractivity contribution in [2.75, 3.05) is 4.90 Å². The Hall–Kier alpha value is -8.00. The monoisotopic (exact) mass is 1180 g/mol. The molecule has 0 heterocycles. The lowest BCUT2D eigenvalue weighted by Gasteiger charge is -2.35. The molecular weight excluding hydrogens is 1080 g/mol. The third-order valence-electron chi connectivity index (χ3n) is 22.1. The molecule has 11 aromatic rings. The first-order chi connectivity index (χ1) is 44.1. The molecule has 0 atom stereocenters. The molecule has 0 radical (unpaired) electrons. The minimum atomic E-state index is -0.0360. The number of unbranched alkanes of at least 4 members (excludes halogenated alkanes) is 6. The highest BCUT2D eigenvalue weighted by atomic mass is 15.1. The van der Waals surface area contributed by atoms with E-state index in [9.17, 15) is 0 Å². The maximum absolute atomic E-state index is 2.65. The van der Waals surface area contributed by atoms with E-state index in [4.69, 9.17) is 0 Å². The Kier molecular flexibility index (Phi) is 16.3. The van der Waals surface area contributed by atoms with Gasteiger partial charge in [0.1, 0.15) is 0 Å². The zero-order valence-electron chi connectivity index (χ0n) is 55.2. The molecule has 0 unspecified atom stereocenters. The fourth-order valence-electron chi connectivity index (χ4n) is 17.7. The van der Waals surface area contributed by atoms with E-state index in [1.807, 2.05) is 0 Å². The average Bonchev–Trinajstić information content (AvgIpc) is 1.40. The van der Waals surface area contributed by atoms with Crippen LogP contribution in [0.3, 0.4) is 0 Å². The number of nitrogens with zero attached hydrogens (tertiary/aromatic N) is 1. The lowest BCUT2D eigenvalue weighted by atomic mass is 9.70. The second kappa shape index (κ2) is 24.7. The lowest BCUT2D eigenvalue weighted by Crippen LogP contribution is -2.26. The summed E-state index contributed by atoms with van der Waals surface area (Å²) in [5, 5.41) is 7.70. The van der Waals surface area contributed by atoms with Crippen LogP contribution < -0.4 is 4.90 Å². The normalized spacial score (nSPS) is 14.4. The topological polar surface area (TPSA) is 3.24 Å². The summed E-state index contributed by atoms with van der Waals surface area (Å²) >= 11 is 0. The van der Waals surface area contributed by atoms with E-state index >= 15 is 0 Å². The van der Waals surface area contributed by atoms with Gasteiger partial charge in [0, 0.05) is 33.3 Å². The standard InChI is InChI=1S/C89H93N/c1-9-15-47-87(48-16-10-2)79-32-26-25-27-69(79)72-44-38-65(57-82(72)87)86-77-30-23-21-28-75(77)85(76-29-22-24-31-78(76)86)64-36-35-63-56-66(39-37-62(63)55-64)90(67-40-45-73-70-42-33-60(7)53-80(70)88(49-17-11-3,50-18-12-4)83(73)58-67)68-41-46-74-71-43-34-61(8)54-81(71)89(51-19-13-5,52-20-14-6)84(74)59-68/h21-46,53-59H,9-20,47-52H2,1-8H3. The Labute approximate surface area is 538 Å². The molecule has 0 saturated carbocycles. The summed E-state index contributed by atoms with van der Waals surface area (Å²) in [4.78, 5) is 2.64. The maximum Gasteiger partial charge on any atom is 0.0468 e. The van der Waals surface area contributed by atoms with E-state index in [2.05, 4.69) is 260 Å². The maximum atomic E-state index is 2.65. The highest BCUT2D eigenvalue weighted by Gasteiger charge is 2.46. The van der Waals surface area contributed by atoms with Gasteiger partial charge >= 0.3 is 0 Å². The van der Waals surface area contributed by atoms with Crippen molar-refractivity contribution in [2.24, 2.45) is 0 Å². The van der Waals surface area contributed by atoms with Gasteiger partial charge in [-0.05, 0) is 222 Å². The van der Waals surface area contributed by atoms with Crippen LogP contribution in [0.4, 0.5) is 17.1 Å². The van der Waals surface area contributed by atoms with Gasteiger partial charge in [-0.2, -0.15) is 0 Å². The fraction of sp³-hybridized carbons (Fsp3) is 0.326. The molecular formula is C89H93N. The molecule has 454 valence electrons. The molecule has 0 amide bonds. The molecule has 0 aliphatic heterocycles. The summed E-state index contributed by atoms with van der Waals surface area (Å²) in [6, 6.07) is 79.9. The van der Waals surface area contributed by atoms with E-state index in [-0.39, 0.29) is 16.2 Å². The van der Waals surface area contributed by atoms with Crippen LogP contribution in [0.2, 0.25) is 0 Å². The Bertz CT molecular complexity index is 4300. The summed E-state index contributed by atoms with van der Waals surface area (Å²) < 4.78 is 0. The van der Waals surface area contributed by atoms with Crippen molar-refractivity contribution >= 4 is 49.4 Å². The molecule has 11 aromatic carbocycles. The molecule has 0 bridgehead atoms. The van der Waals surface area contributed by atoms with E-state index in [1.165, 1.54) is 228 Å². The molecule has 1 nitrogen and oxygen atoms in total. The van der Waals surface area contributed by atoms with Crippen molar-refractivity contribution in [3.05, 3.63) is 245 Å². The van der Waals surface area contributed by atoms with E-state index in [0.717, 1.165) is 25.7 Å². The SMILES string of the molecule is CCCCC1(CCCC)c2ccccc2-c2ccc(-c3c4ccccc4c(-c4ccc5cc(N(c6ccc7c(c6)C(CCCC)(CCCC)c6cc(C)ccc6-7)c6ccc7c(c6)C(CCCC)(CCCC)c6cc(C)ccc6-7)ccc5c4)c4ccccc34)cc21. The summed E-state index contributed by atoms with van der Waals surface area (Å²) in [7, 11) is 0. The smallest absolute Gasteiger partial charge is 0.0468 e. The molecule has 3 aliphatic carbocycles. The number of benzene rings is 11. The van der Waals surface area contributed by atoms with Crippen LogP contribution in [0.1, 0.15) is 202 Å². The first kappa shape index (κ1) is 59.6. The van der Waals surface area contributed by atoms with Crippen LogP contribution in [-0.2, 0) is 16.2 Å². The third-order valence-corrected chi connectivity index (χ3v) is 22.1. The van der Waals surface area contributed by atoms with Gasteiger partial charge in [0.05, 0.1) is 0 Å². The van der Waals surface area contributed by atoms with Crippen LogP contribution in [-0.4, -0.2) is 0 Å². The number of fused-ring (bicyclic) bond motifs is 12. The van der Waals surface area contributed by atoms with Crippen molar-refractivity contribution in [3.8, 4) is 55.6 Å². The van der Waals surface area contributed by atoms with E-state index < -0.39 is 0 Å². The largest absolute Gasteiger partial charge is 0.310 e. The molecule has 0 saturated heterocycles. The molecule has 90 heavy (non-hydrogen) atoms. The summed E-state index contributed by atoms with van der Waals surface area (Å²) in [5.74, 6) is 0. The van der Waals surface area contributed by atoms with Gasteiger partial charge in [-0.15, -0.1) is 0 Å². The average molecular weight is 1180 g/mol. The van der Waals surface area contributed by atoms with Crippen LogP contribution in [0, 0.1) is 13.8 Å². The Morgan fingerprint density at radius 3 is 1.03 bits per heavy atom. The van der Waals surface area contributed by atoms with Crippen LogP contribution >= 0.6 is 0 Å². The van der Waals surface area contributed by atoms with Crippen LogP contribution in [0.15, 0.2) is 200 Å². The van der Waals surface area contributed by atoms with E-state index in [0.29, 0.717) is 0 Å². The highest BCUT2D eigenvalue weighted by Crippen LogP contribution is 2.60. The van der Waals surface area contributed by atoms with Crippen molar-refractivity contribution < 1.29 is 0 Å². The van der Waals surface area contributed by atoms with E-state index in [1.54, 1.807) is 11.1 Å². The second-order valence-electron chi connectivity index (χ2n) is 27.7. The molecule has 0 N–H and O–H groups in total. The number of rotatable bonds is 23. The first-order valence-corrected chi connectivity index (χ1v) is 35.2. The van der Waals surface area contributed by atoms with Gasteiger partial charge in [-0.3, -0.25) is 0 Å². The molecule has 1 heteroatoms. The third kappa shape index (κ3) is 9.78.